The Morgan fingerprint density at radius 1 is 1.22 bits per heavy atom. The van der Waals surface area contributed by atoms with Gasteiger partial charge in [0.15, 0.2) is 5.17 Å². The van der Waals surface area contributed by atoms with Gasteiger partial charge < -0.3 is 14.7 Å². The lowest BCUT2D eigenvalue weighted by molar-refractivity contribution is -0.143. The highest BCUT2D eigenvalue weighted by molar-refractivity contribution is 8.17. The van der Waals surface area contributed by atoms with E-state index in [-0.39, 0.29) is 23.8 Å². The van der Waals surface area contributed by atoms with Gasteiger partial charge in [0.25, 0.3) is 0 Å². The fourth-order valence-electron chi connectivity index (χ4n) is 4.64. The minimum atomic E-state index is -4.50. The van der Waals surface area contributed by atoms with Crippen LogP contribution in [-0.4, -0.2) is 57.7 Å². The highest BCUT2D eigenvalue weighted by Crippen LogP contribution is 2.35. The van der Waals surface area contributed by atoms with E-state index in [1.54, 1.807) is 22.6 Å². The third kappa shape index (κ3) is 5.46. The third-order valence-electron chi connectivity index (χ3n) is 6.64. The number of hydrogen-bond donors (Lipinski definition) is 1. The maximum absolute atomic E-state index is 13.6. The fraction of sp³-hybridized carbons (Fsp3) is 0.346. The van der Waals surface area contributed by atoms with Gasteiger partial charge in [0.1, 0.15) is 5.75 Å². The molecule has 3 aromatic rings. The van der Waals surface area contributed by atoms with Crippen molar-refractivity contribution in [2.75, 3.05) is 26.7 Å². The molecule has 5 rings (SSSR count). The minimum absolute atomic E-state index is 0.0194. The summed E-state index contributed by atoms with van der Waals surface area (Å²) >= 11 is 1.59. The monoisotopic (exact) mass is 530 g/mol. The molecule has 2 aliphatic heterocycles. The average Bonchev–Trinajstić information content (AvgIpc) is 3.50. The number of ether oxygens (including phenoxy) is 1. The molecule has 1 aromatic heterocycles. The Labute approximate surface area is 215 Å². The quantitative estimate of drug-likeness (QED) is 0.479. The van der Waals surface area contributed by atoms with E-state index in [1.165, 1.54) is 19.2 Å². The zero-order valence-electron chi connectivity index (χ0n) is 20.0. The molecule has 0 bridgehead atoms. The molecule has 0 amide bonds. The molecular weight excluding hydrogens is 505 g/mol. The number of likely N-dealkylation sites (tertiary alicyclic amines) is 1. The largest absolute Gasteiger partial charge is 0.497 e. The molecule has 0 aliphatic carbocycles. The Kier molecular flexibility index (Phi) is 6.89. The molecule has 0 unspecified atom stereocenters. The van der Waals surface area contributed by atoms with E-state index in [0.717, 1.165) is 32.6 Å². The number of carboxylic acid groups (broad SMARTS) is 1. The fourth-order valence-corrected chi connectivity index (χ4v) is 5.64. The first-order valence-corrected chi connectivity index (χ1v) is 12.6. The molecule has 1 saturated heterocycles. The summed E-state index contributed by atoms with van der Waals surface area (Å²) in [6.07, 6.45) is 0.445. The van der Waals surface area contributed by atoms with Gasteiger partial charge in [0.05, 0.1) is 43.4 Å². The van der Waals surface area contributed by atoms with Crippen molar-refractivity contribution in [1.29, 1.82) is 0 Å². The Morgan fingerprint density at radius 3 is 2.70 bits per heavy atom. The molecule has 1 fully saturated rings. The SMILES string of the molecule is COc1ccc(Cn2ncc3cc(C=C4CN=C(N5CCC(C(=O)O)CC5)S4)ccc32)c(C(F)(F)F)c1. The van der Waals surface area contributed by atoms with Crippen molar-refractivity contribution < 1.29 is 27.8 Å². The summed E-state index contributed by atoms with van der Waals surface area (Å²) in [6, 6.07) is 9.70. The van der Waals surface area contributed by atoms with Crippen LogP contribution in [0.25, 0.3) is 17.0 Å². The summed E-state index contributed by atoms with van der Waals surface area (Å²) < 4.78 is 47.4. The Balaban J connectivity index is 1.29. The van der Waals surface area contributed by atoms with E-state index in [2.05, 4.69) is 15.0 Å². The number of aromatic nitrogens is 2. The number of piperidine rings is 1. The maximum atomic E-state index is 13.6. The van der Waals surface area contributed by atoms with Crippen LogP contribution in [0.15, 0.2) is 52.5 Å². The summed E-state index contributed by atoms with van der Waals surface area (Å²) in [5.74, 6) is -0.860. The molecule has 1 N–H and O–H groups in total. The van der Waals surface area contributed by atoms with Gasteiger partial charge >= 0.3 is 12.1 Å². The Morgan fingerprint density at radius 2 is 2.00 bits per heavy atom. The number of rotatable bonds is 5. The highest BCUT2D eigenvalue weighted by atomic mass is 32.2. The van der Waals surface area contributed by atoms with Gasteiger partial charge in [-0.2, -0.15) is 18.3 Å². The second kappa shape index (κ2) is 10.1. The predicted molar refractivity (Wildman–Crippen MR) is 137 cm³/mol. The number of halogens is 3. The lowest BCUT2D eigenvalue weighted by Crippen LogP contribution is -2.38. The molecule has 3 heterocycles. The van der Waals surface area contributed by atoms with E-state index < -0.39 is 17.7 Å². The standard InChI is InChI=1S/C26H25F3N4O3S/c1-36-20-4-3-18(22(12-20)26(27,28)29)15-33-23-5-2-16(10-19(23)13-31-33)11-21-14-30-25(37-21)32-8-6-17(7-9-32)24(34)35/h2-5,10-13,17H,6-9,14-15H2,1H3,(H,34,35). The Bertz CT molecular complexity index is 1390. The van der Waals surface area contributed by atoms with E-state index >= 15 is 0 Å². The number of benzene rings is 2. The maximum Gasteiger partial charge on any atom is 0.416 e. The van der Waals surface area contributed by atoms with Crippen LogP contribution in [0.4, 0.5) is 13.2 Å². The van der Waals surface area contributed by atoms with Gasteiger partial charge in [-0.3, -0.25) is 14.5 Å². The summed E-state index contributed by atoms with van der Waals surface area (Å²) in [4.78, 5) is 19.0. The van der Waals surface area contributed by atoms with E-state index in [0.29, 0.717) is 32.5 Å². The summed E-state index contributed by atoms with van der Waals surface area (Å²) in [6.45, 7) is 1.92. The number of nitrogens with zero attached hydrogens (tertiary/aromatic N) is 4. The van der Waals surface area contributed by atoms with Crippen LogP contribution < -0.4 is 4.74 Å². The number of thioether (sulfide) groups is 1. The van der Waals surface area contributed by atoms with Crippen molar-refractivity contribution in [3.05, 3.63) is 64.2 Å². The average molecular weight is 531 g/mol. The molecule has 2 aromatic carbocycles. The molecule has 2 aliphatic rings. The summed E-state index contributed by atoms with van der Waals surface area (Å²) in [5, 5.41) is 15.3. The highest BCUT2D eigenvalue weighted by Gasteiger charge is 2.34. The Hall–Kier alpha value is -3.47. The molecule has 194 valence electrons. The zero-order chi connectivity index (χ0) is 26.2. The van der Waals surface area contributed by atoms with Crippen molar-refractivity contribution in [3.63, 3.8) is 0 Å². The number of carbonyl (C=O) groups is 1. The van der Waals surface area contributed by atoms with Gasteiger partial charge in [-0.05, 0) is 54.3 Å². The number of carboxylic acids is 1. The van der Waals surface area contributed by atoms with Gasteiger partial charge in [0.2, 0.25) is 0 Å². The molecule has 37 heavy (non-hydrogen) atoms. The van der Waals surface area contributed by atoms with Crippen molar-refractivity contribution in [1.82, 2.24) is 14.7 Å². The molecule has 0 spiro atoms. The first kappa shape index (κ1) is 25.2. The third-order valence-corrected chi connectivity index (χ3v) is 7.72. The van der Waals surface area contributed by atoms with E-state index in [1.807, 2.05) is 24.3 Å². The normalized spacial score (nSPS) is 18.0. The molecule has 0 saturated carbocycles. The van der Waals surface area contributed by atoms with Gasteiger partial charge in [-0.25, -0.2) is 0 Å². The molecule has 11 heteroatoms. The van der Waals surface area contributed by atoms with Crippen molar-refractivity contribution in [2.24, 2.45) is 10.9 Å². The number of fused-ring (bicyclic) bond motifs is 1. The zero-order valence-corrected chi connectivity index (χ0v) is 20.8. The minimum Gasteiger partial charge on any atom is -0.497 e. The number of aliphatic carboxylic acids is 1. The topological polar surface area (TPSA) is 80.0 Å². The second-order valence-corrected chi connectivity index (χ2v) is 10.1. The predicted octanol–water partition coefficient (Wildman–Crippen LogP) is 5.35. The second-order valence-electron chi connectivity index (χ2n) is 9.05. The van der Waals surface area contributed by atoms with Gasteiger partial charge in [-0.1, -0.05) is 23.9 Å². The number of amidine groups is 1. The van der Waals surface area contributed by atoms with Crippen LogP contribution in [0, 0.1) is 5.92 Å². The summed E-state index contributed by atoms with van der Waals surface area (Å²) in [5.41, 5.74) is 1.07. The molecule has 0 atom stereocenters. The van der Waals surface area contributed by atoms with Crippen LogP contribution in [0.5, 0.6) is 5.75 Å². The van der Waals surface area contributed by atoms with Gasteiger partial charge in [-0.15, -0.1) is 0 Å². The number of aliphatic imine (C=N–C) groups is 1. The first-order chi connectivity index (χ1) is 17.7. The van der Waals surface area contributed by atoms with Crippen LogP contribution in [0.3, 0.4) is 0 Å². The smallest absolute Gasteiger partial charge is 0.416 e. The van der Waals surface area contributed by atoms with E-state index in [4.69, 9.17) is 4.74 Å². The lowest BCUT2D eigenvalue weighted by atomic mass is 9.98. The van der Waals surface area contributed by atoms with Crippen LogP contribution in [0.1, 0.15) is 29.5 Å². The number of hydrogen-bond acceptors (Lipinski definition) is 6. The van der Waals surface area contributed by atoms with Crippen molar-refractivity contribution >= 4 is 39.9 Å². The number of alkyl halides is 3. The number of methoxy groups -OCH3 is 1. The van der Waals surface area contributed by atoms with E-state index in [9.17, 15) is 23.1 Å². The van der Waals surface area contributed by atoms with Gasteiger partial charge in [0, 0.05) is 23.4 Å². The van der Waals surface area contributed by atoms with Crippen LogP contribution in [-0.2, 0) is 17.5 Å². The van der Waals surface area contributed by atoms with Crippen LogP contribution >= 0.6 is 11.8 Å². The molecule has 0 radical (unpaired) electrons. The van der Waals surface area contributed by atoms with Crippen molar-refractivity contribution in [2.45, 2.75) is 25.6 Å². The van der Waals surface area contributed by atoms with Crippen molar-refractivity contribution in [3.8, 4) is 5.75 Å². The molecular formula is C26H25F3N4O3S. The molecule has 7 nitrogen and oxygen atoms in total. The summed E-state index contributed by atoms with van der Waals surface area (Å²) in [7, 11) is 1.34. The lowest BCUT2D eigenvalue weighted by Gasteiger charge is -2.30. The first-order valence-electron chi connectivity index (χ1n) is 11.8. The van der Waals surface area contributed by atoms with Crippen LogP contribution in [0.2, 0.25) is 0 Å².